The quantitative estimate of drug-likeness (QED) is 0.769. The normalized spacial score (nSPS) is 34.1. The lowest BCUT2D eigenvalue weighted by molar-refractivity contribution is -0.150. The van der Waals surface area contributed by atoms with Crippen LogP contribution in [0.4, 0.5) is 0 Å². The first-order chi connectivity index (χ1) is 14.2. The zero-order valence-corrected chi connectivity index (χ0v) is 17.5. The second kappa shape index (κ2) is 7.20. The largest absolute Gasteiger partial charge is 0.340 e. The van der Waals surface area contributed by atoms with E-state index in [0.29, 0.717) is 41.9 Å². The third-order valence-electron chi connectivity index (χ3n) is 7.76. The van der Waals surface area contributed by atoms with E-state index >= 15 is 0 Å². The van der Waals surface area contributed by atoms with Crippen molar-refractivity contribution in [1.29, 1.82) is 0 Å². The Labute approximate surface area is 175 Å². The minimum Gasteiger partial charge on any atom is -0.340 e. The van der Waals surface area contributed by atoms with Crippen molar-refractivity contribution in [3.05, 3.63) is 23.4 Å². The summed E-state index contributed by atoms with van der Waals surface area (Å²) in [6.45, 7) is 4.09. The van der Waals surface area contributed by atoms with Gasteiger partial charge < -0.3 is 9.42 Å². The predicted molar refractivity (Wildman–Crippen MR) is 110 cm³/mol. The van der Waals surface area contributed by atoms with Crippen molar-refractivity contribution in [2.24, 2.45) is 29.6 Å². The fourth-order valence-corrected chi connectivity index (χ4v) is 7.33. The van der Waals surface area contributed by atoms with Crippen LogP contribution in [-0.4, -0.2) is 52.0 Å². The summed E-state index contributed by atoms with van der Waals surface area (Å²) >= 11 is 1.62. The van der Waals surface area contributed by atoms with E-state index in [2.05, 4.69) is 19.9 Å². The fraction of sp³-hybridized carbons (Fsp3) is 0.682. The fourth-order valence-electron chi connectivity index (χ4n) is 6.68. The summed E-state index contributed by atoms with van der Waals surface area (Å²) in [6, 6.07) is 4.00. The van der Waals surface area contributed by atoms with Crippen LogP contribution in [0.25, 0.3) is 10.7 Å². The molecule has 2 aromatic heterocycles. The molecule has 5 fully saturated rings. The summed E-state index contributed by atoms with van der Waals surface area (Å²) in [6.07, 6.45) is 6.69. The summed E-state index contributed by atoms with van der Waals surface area (Å²) in [4.78, 5) is 23.4. The minimum absolute atomic E-state index is 0.318. The number of piperazine rings is 1. The number of amides is 1. The van der Waals surface area contributed by atoms with Gasteiger partial charge in [-0.05, 0) is 67.2 Å². The van der Waals surface area contributed by atoms with Gasteiger partial charge >= 0.3 is 0 Å². The molecule has 0 unspecified atom stereocenters. The molecule has 1 aliphatic heterocycles. The van der Waals surface area contributed by atoms with Crippen LogP contribution < -0.4 is 0 Å². The Balaban J connectivity index is 1.05. The van der Waals surface area contributed by atoms with E-state index in [1.807, 2.05) is 17.5 Å². The third kappa shape index (κ3) is 3.32. The van der Waals surface area contributed by atoms with E-state index in [-0.39, 0.29) is 0 Å². The van der Waals surface area contributed by atoms with Gasteiger partial charge in [0.25, 0.3) is 0 Å². The van der Waals surface area contributed by atoms with Crippen LogP contribution in [-0.2, 0) is 11.3 Å². The number of nitrogens with zero attached hydrogens (tertiary/aromatic N) is 4. The highest BCUT2D eigenvalue weighted by Gasteiger charge is 2.51. The van der Waals surface area contributed by atoms with Gasteiger partial charge in [0.2, 0.25) is 17.6 Å². The molecule has 6 nitrogen and oxygen atoms in total. The van der Waals surface area contributed by atoms with Crippen molar-refractivity contribution >= 4 is 17.2 Å². The number of thiophene rings is 1. The molecule has 7 rings (SSSR count). The van der Waals surface area contributed by atoms with Gasteiger partial charge in [-0.3, -0.25) is 9.69 Å². The standard InChI is InChI=1S/C22H28N4O2S/c27-22(20-16-9-14-8-15(11-16)12-17(20)10-14)26-5-3-25(4-6-26)13-19-23-21(24-28-19)18-2-1-7-29-18/h1-2,7,14-17,20H,3-6,8-13H2. The Bertz CT molecular complexity index is 843. The topological polar surface area (TPSA) is 62.5 Å². The molecule has 0 radical (unpaired) electrons. The van der Waals surface area contributed by atoms with Crippen LogP contribution in [0.15, 0.2) is 22.0 Å². The zero-order chi connectivity index (χ0) is 19.4. The first-order valence-electron chi connectivity index (χ1n) is 11.1. The Hall–Kier alpha value is -1.73. The first kappa shape index (κ1) is 18.1. The Morgan fingerprint density at radius 1 is 1.07 bits per heavy atom. The van der Waals surface area contributed by atoms with Crippen LogP contribution in [0, 0.1) is 29.6 Å². The average molecular weight is 413 g/mol. The van der Waals surface area contributed by atoms with Crippen molar-refractivity contribution in [1.82, 2.24) is 19.9 Å². The summed E-state index contributed by atoms with van der Waals surface area (Å²) in [7, 11) is 0. The molecule has 4 saturated carbocycles. The van der Waals surface area contributed by atoms with Gasteiger partial charge in [0.05, 0.1) is 11.4 Å². The molecule has 4 bridgehead atoms. The van der Waals surface area contributed by atoms with E-state index < -0.39 is 0 Å². The Kier molecular flexibility index (Phi) is 4.49. The summed E-state index contributed by atoms with van der Waals surface area (Å²) in [5, 5.41) is 6.12. The molecule has 0 N–H and O–H groups in total. The lowest BCUT2D eigenvalue weighted by Crippen LogP contribution is -2.55. The monoisotopic (exact) mass is 412 g/mol. The first-order valence-corrected chi connectivity index (χ1v) is 12.0. The second-order valence-corrected chi connectivity index (χ2v) is 10.5. The highest BCUT2D eigenvalue weighted by Crippen LogP contribution is 2.56. The number of aromatic nitrogens is 2. The summed E-state index contributed by atoms with van der Waals surface area (Å²) < 4.78 is 5.45. The van der Waals surface area contributed by atoms with Crippen molar-refractivity contribution in [3.63, 3.8) is 0 Å². The molecule has 3 heterocycles. The maximum absolute atomic E-state index is 13.4. The predicted octanol–water partition coefficient (Wildman–Crippen LogP) is 3.51. The van der Waals surface area contributed by atoms with Gasteiger partial charge in [0.15, 0.2) is 0 Å². The molecule has 7 heteroatoms. The van der Waals surface area contributed by atoms with Crippen molar-refractivity contribution in [2.75, 3.05) is 26.2 Å². The smallest absolute Gasteiger partial charge is 0.241 e. The summed E-state index contributed by atoms with van der Waals surface area (Å²) in [5.41, 5.74) is 0. The highest BCUT2D eigenvalue weighted by atomic mass is 32.1. The summed E-state index contributed by atoms with van der Waals surface area (Å²) in [5.74, 6) is 5.30. The van der Waals surface area contributed by atoms with E-state index in [1.165, 1.54) is 32.1 Å². The number of carbonyl (C=O) groups is 1. The molecule has 0 spiro atoms. The van der Waals surface area contributed by atoms with E-state index in [4.69, 9.17) is 4.52 Å². The van der Waals surface area contributed by atoms with Crippen LogP contribution >= 0.6 is 11.3 Å². The van der Waals surface area contributed by atoms with Gasteiger partial charge in [-0.1, -0.05) is 11.2 Å². The molecule has 0 atom stereocenters. The van der Waals surface area contributed by atoms with Crippen LogP contribution in [0.2, 0.25) is 0 Å². The van der Waals surface area contributed by atoms with Crippen molar-refractivity contribution in [3.8, 4) is 10.7 Å². The Morgan fingerprint density at radius 2 is 1.79 bits per heavy atom. The van der Waals surface area contributed by atoms with Crippen molar-refractivity contribution in [2.45, 2.75) is 38.6 Å². The van der Waals surface area contributed by atoms with Crippen LogP contribution in [0.1, 0.15) is 38.0 Å². The van der Waals surface area contributed by atoms with E-state index in [9.17, 15) is 4.79 Å². The molecule has 4 aliphatic carbocycles. The maximum Gasteiger partial charge on any atom is 0.241 e. The maximum atomic E-state index is 13.4. The molecule has 1 saturated heterocycles. The van der Waals surface area contributed by atoms with Gasteiger partial charge in [-0.2, -0.15) is 4.98 Å². The molecule has 29 heavy (non-hydrogen) atoms. The second-order valence-electron chi connectivity index (χ2n) is 9.55. The average Bonchev–Trinajstić information content (AvgIpc) is 3.39. The van der Waals surface area contributed by atoms with Gasteiger partial charge in [0.1, 0.15) is 0 Å². The number of carbonyl (C=O) groups excluding carboxylic acids is 1. The van der Waals surface area contributed by atoms with Crippen LogP contribution in [0.3, 0.4) is 0 Å². The highest BCUT2D eigenvalue weighted by molar-refractivity contribution is 7.13. The van der Waals surface area contributed by atoms with Crippen molar-refractivity contribution < 1.29 is 9.32 Å². The lowest BCUT2D eigenvalue weighted by Gasteiger charge is -2.54. The van der Waals surface area contributed by atoms with Crippen LogP contribution in [0.5, 0.6) is 0 Å². The lowest BCUT2D eigenvalue weighted by atomic mass is 9.51. The molecule has 154 valence electrons. The third-order valence-corrected chi connectivity index (χ3v) is 8.63. The van der Waals surface area contributed by atoms with Gasteiger partial charge in [-0.15, -0.1) is 11.3 Å². The molecule has 1 amide bonds. The number of hydrogen-bond donors (Lipinski definition) is 0. The SMILES string of the molecule is O=C(C1C2CC3CC(C2)CC1C3)N1CCN(Cc2nc(-c3cccs3)no2)CC1. The minimum atomic E-state index is 0.318. The van der Waals surface area contributed by atoms with E-state index in [0.717, 1.165) is 42.9 Å². The molecular weight excluding hydrogens is 384 g/mol. The Morgan fingerprint density at radius 3 is 2.45 bits per heavy atom. The zero-order valence-electron chi connectivity index (χ0n) is 16.7. The molecule has 0 aromatic carbocycles. The van der Waals surface area contributed by atoms with Gasteiger partial charge in [0, 0.05) is 32.1 Å². The molecule has 2 aromatic rings. The number of hydrogen-bond acceptors (Lipinski definition) is 6. The molecular formula is C22H28N4O2S. The van der Waals surface area contributed by atoms with E-state index in [1.54, 1.807) is 11.3 Å². The number of rotatable bonds is 4. The molecule has 5 aliphatic rings. The van der Waals surface area contributed by atoms with Gasteiger partial charge in [-0.25, -0.2) is 0 Å².